The van der Waals surface area contributed by atoms with Crippen molar-refractivity contribution in [2.24, 2.45) is 11.8 Å². The number of amides is 3. The van der Waals surface area contributed by atoms with Gasteiger partial charge in [-0.15, -0.1) is 0 Å². The number of imide groups is 1. The molecule has 1 saturated heterocycles. The van der Waals surface area contributed by atoms with Gasteiger partial charge in [0.1, 0.15) is 0 Å². The Balaban J connectivity index is 1.47. The van der Waals surface area contributed by atoms with Gasteiger partial charge in [-0.1, -0.05) is 44.9 Å². The lowest BCUT2D eigenvalue weighted by molar-refractivity contribution is -0.140. The van der Waals surface area contributed by atoms with Gasteiger partial charge >= 0.3 is 0 Å². The van der Waals surface area contributed by atoms with Gasteiger partial charge in [-0.25, -0.2) is 0 Å². The van der Waals surface area contributed by atoms with E-state index in [1.807, 2.05) is 0 Å². The van der Waals surface area contributed by atoms with E-state index in [1.165, 1.54) is 37.0 Å². The third kappa shape index (κ3) is 3.98. The van der Waals surface area contributed by atoms with E-state index >= 15 is 0 Å². The minimum absolute atomic E-state index is 0.0176. The van der Waals surface area contributed by atoms with Crippen LogP contribution in [0.1, 0.15) is 77.0 Å². The maximum Gasteiger partial charge on any atom is 0.233 e. The van der Waals surface area contributed by atoms with Crippen LogP contribution >= 0.6 is 0 Å². The maximum absolute atomic E-state index is 12.4. The van der Waals surface area contributed by atoms with E-state index < -0.39 is 0 Å². The van der Waals surface area contributed by atoms with Gasteiger partial charge in [0.2, 0.25) is 17.7 Å². The second-order valence-corrected chi connectivity index (χ2v) is 7.69. The number of carbonyl (C=O) groups excluding carboxylic acids is 3. The van der Waals surface area contributed by atoms with Gasteiger partial charge in [0.25, 0.3) is 0 Å². The summed E-state index contributed by atoms with van der Waals surface area (Å²) in [7, 11) is 0. The van der Waals surface area contributed by atoms with E-state index in [-0.39, 0.29) is 48.6 Å². The number of fused-ring (bicyclic) bond motifs is 1. The fourth-order valence-corrected chi connectivity index (χ4v) is 4.57. The largest absolute Gasteiger partial charge is 0.353 e. The number of hydrogen-bond donors (Lipinski definition) is 1. The lowest BCUT2D eigenvalue weighted by Crippen LogP contribution is -2.39. The molecule has 5 nitrogen and oxygen atoms in total. The Bertz CT molecular complexity index is 459. The van der Waals surface area contributed by atoms with Crippen LogP contribution in [0.5, 0.6) is 0 Å². The molecule has 3 amide bonds. The molecule has 0 spiro atoms. The smallest absolute Gasteiger partial charge is 0.233 e. The van der Waals surface area contributed by atoms with Crippen molar-refractivity contribution in [3.05, 3.63) is 0 Å². The molecule has 3 rings (SSSR count). The molecule has 3 aliphatic rings. The van der Waals surface area contributed by atoms with Crippen molar-refractivity contribution in [2.45, 2.75) is 83.1 Å². The average molecular weight is 334 g/mol. The molecule has 0 aromatic heterocycles. The minimum Gasteiger partial charge on any atom is -0.353 e. The van der Waals surface area contributed by atoms with E-state index in [2.05, 4.69) is 5.32 Å². The quantitative estimate of drug-likeness (QED) is 0.804. The highest BCUT2D eigenvalue weighted by Crippen LogP contribution is 2.37. The molecule has 1 aliphatic heterocycles. The Hall–Kier alpha value is -1.39. The van der Waals surface area contributed by atoms with Gasteiger partial charge in [0, 0.05) is 19.0 Å². The molecule has 2 saturated carbocycles. The van der Waals surface area contributed by atoms with E-state index in [1.54, 1.807) is 0 Å². The highest BCUT2D eigenvalue weighted by Gasteiger charge is 2.47. The number of carbonyl (C=O) groups is 3. The van der Waals surface area contributed by atoms with Crippen molar-refractivity contribution < 1.29 is 14.4 Å². The van der Waals surface area contributed by atoms with Crippen LogP contribution < -0.4 is 5.32 Å². The van der Waals surface area contributed by atoms with Gasteiger partial charge in [0.05, 0.1) is 11.8 Å². The summed E-state index contributed by atoms with van der Waals surface area (Å²) in [6.45, 7) is 0.253. The van der Waals surface area contributed by atoms with Gasteiger partial charge in [0.15, 0.2) is 0 Å². The summed E-state index contributed by atoms with van der Waals surface area (Å²) in [5.41, 5.74) is 0. The number of nitrogens with one attached hydrogen (secondary N) is 1. The molecule has 0 bridgehead atoms. The molecule has 1 heterocycles. The van der Waals surface area contributed by atoms with Crippen molar-refractivity contribution in [1.82, 2.24) is 10.2 Å². The van der Waals surface area contributed by atoms with Crippen LogP contribution in [0, 0.1) is 11.8 Å². The molecule has 134 valence electrons. The summed E-state index contributed by atoms with van der Waals surface area (Å²) in [5, 5.41) is 3.11. The molecule has 3 fully saturated rings. The number of rotatable bonds is 4. The molecule has 1 N–H and O–H groups in total. The third-order valence-corrected chi connectivity index (χ3v) is 5.97. The highest BCUT2D eigenvalue weighted by molar-refractivity contribution is 6.05. The minimum atomic E-state index is -0.111. The van der Waals surface area contributed by atoms with Crippen molar-refractivity contribution >= 4 is 17.7 Å². The average Bonchev–Trinajstić information content (AvgIpc) is 2.80. The SMILES string of the molecule is O=C(CCN1C(=O)[C@H]2CCCC[C@@H]2C1=O)NC1CCCCCCC1. The van der Waals surface area contributed by atoms with Crippen LogP contribution in [0.4, 0.5) is 0 Å². The molecule has 0 unspecified atom stereocenters. The van der Waals surface area contributed by atoms with Gasteiger partial charge in [-0.05, 0) is 25.7 Å². The number of hydrogen-bond acceptors (Lipinski definition) is 3. The monoisotopic (exact) mass is 334 g/mol. The summed E-state index contributed by atoms with van der Waals surface area (Å²) in [6.07, 6.45) is 12.3. The second kappa shape index (κ2) is 8.13. The molecule has 5 heteroatoms. The highest BCUT2D eigenvalue weighted by atomic mass is 16.2. The molecule has 0 radical (unpaired) electrons. The van der Waals surface area contributed by atoms with Crippen molar-refractivity contribution in [3.63, 3.8) is 0 Å². The topological polar surface area (TPSA) is 66.5 Å². The normalized spacial score (nSPS) is 29.1. The third-order valence-electron chi connectivity index (χ3n) is 5.97. The summed E-state index contributed by atoms with van der Waals surface area (Å²) in [5.74, 6) is -0.317. The van der Waals surface area contributed by atoms with Gasteiger partial charge < -0.3 is 5.32 Å². The Labute approximate surface area is 144 Å². The van der Waals surface area contributed by atoms with Crippen LogP contribution in [0.25, 0.3) is 0 Å². The van der Waals surface area contributed by atoms with Crippen molar-refractivity contribution in [1.29, 1.82) is 0 Å². The zero-order chi connectivity index (χ0) is 16.9. The second-order valence-electron chi connectivity index (χ2n) is 7.69. The maximum atomic E-state index is 12.4. The lowest BCUT2D eigenvalue weighted by atomic mass is 9.81. The molecule has 2 atom stereocenters. The predicted octanol–water partition coefficient (Wildman–Crippen LogP) is 2.78. The Kier molecular flexibility index (Phi) is 5.90. The summed E-state index contributed by atoms with van der Waals surface area (Å²) < 4.78 is 0. The first-order valence-electron chi connectivity index (χ1n) is 9.81. The lowest BCUT2D eigenvalue weighted by Gasteiger charge is -2.21. The first-order valence-corrected chi connectivity index (χ1v) is 9.81. The van der Waals surface area contributed by atoms with E-state index in [0.717, 1.165) is 38.5 Å². The fraction of sp³-hybridized carbons (Fsp3) is 0.842. The van der Waals surface area contributed by atoms with Crippen molar-refractivity contribution in [2.75, 3.05) is 6.54 Å². The zero-order valence-electron chi connectivity index (χ0n) is 14.6. The van der Waals surface area contributed by atoms with Gasteiger partial charge in [-0.3, -0.25) is 19.3 Å². The molecular formula is C19H30N2O3. The van der Waals surface area contributed by atoms with Crippen LogP contribution in [0.2, 0.25) is 0 Å². The van der Waals surface area contributed by atoms with Crippen molar-refractivity contribution in [3.8, 4) is 0 Å². The van der Waals surface area contributed by atoms with E-state index in [9.17, 15) is 14.4 Å². The number of likely N-dealkylation sites (tertiary alicyclic amines) is 1. The standard InChI is InChI=1S/C19H30N2O3/c22-17(20-14-8-4-2-1-3-5-9-14)12-13-21-18(23)15-10-6-7-11-16(15)19(21)24/h14-16H,1-13H2,(H,20,22)/t15-,16-/m0/s1. The summed E-state index contributed by atoms with van der Waals surface area (Å²) in [4.78, 5) is 38.4. The first-order chi connectivity index (χ1) is 11.7. The van der Waals surface area contributed by atoms with E-state index in [4.69, 9.17) is 0 Å². The van der Waals surface area contributed by atoms with Crippen LogP contribution in [0.15, 0.2) is 0 Å². The fourth-order valence-electron chi connectivity index (χ4n) is 4.57. The summed E-state index contributed by atoms with van der Waals surface area (Å²) in [6, 6.07) is 0.269. The molecule has 2 aliphatic carbocycles. The molecular weight excluding hydrogens is 304 g/mol. The first kappa shape index (κ1) is 17.4. The van der Waals surface area contributed by atoms with Crippen LogP contribution in [0.3, 0.4) is 0 Å². The van der Waals surface area contributed by atoms with E-state index in [0.29, 0.717) is 0 Å². The van der Waals surface area contributed by atoms with Crippen LogP contribution in [-0.2, 0) is 14.4 Å². The van der Waals surface area contributed by atoms with Crippen LogP contribution in [-0.4, -0.2) is 35.2 Å². The Morgan fingerprint density at radius 1 is 0.833 bits per heavy atom. The number of nitrogens with zero attached hydrogens (tertiary/aromatic N) is 1. The zero-order valence-corrected chi connectivity index (χ0v) is 14.6. The Morgan fingerprint density at radius 2 is 1.33 bits per heavy atom. The molecule has 24 heavy (non-hydrogen) atoms. The predicted molar refractivity (Wildman–Crippen MR) is 91.0 cm³/mol. The summed E-state index contributed by atoms with van der Waals surface area (Å²) >= 11 is 0. The molecule has 0 aromatic rings. The Morgan fingerprint density at radius 3 is 1.92 bits per heavy atom. The van der Waals surface area contributed by atoms with Gasteiger partial charge in [-0.2, -0.15) is 0 Å². The molecule has 0 aromatic carbocycles.